The summed E-state index contributed by atoms with van der Waals surface area (Å²) in [6.45, 7) is 7.04. The maximum absolute atomic E-state index is 11.7. The van der Waals surface area contributed by atoms with Crippen LogP contribution in [0.25, 0.3) is 0 Å². The van der Waals surface area contributed by atoms with Crippen LogP contribution in [-0.4, -0.2) is 75.4 Å². The predicted octanol–water partition coefficient (Wildman–Crippen LogP) is 0.0961. The van der Waals surface area contributed by atoms with Crippen molar-refractivity contribution in [2.75, 3.05) is 45.6 Å². The third kappa shape index (κ3) is 4.89. The van der Waals surface area contributed by atoms with Crippen molar-refractivity contribution in [1.29, 1.82) is 0 Å². The molecule has 0 saturated carbocycles. The maximum atomic E-state index is 11.7. The van der Waals surface area contributed by atoms with Crippen LogP contribution in [0.1, 0.15) is 26.2 Å². The Morgan fingerprint density at radius 1 is 1.33 bits per heavy atom. The summed E-state index contributed by atoms with van der Waals surface area (Å²) in [7, 11) is -3.08. The molecule has 2 N–H and O–H groups in total. The number of piperidine rings is 1. The molecule has 124 valence electrons. The van der Waals surface area contributed by atoms with E-state index in [1.54, 1.807) is 4.31 Å². The molecule has 0 amide bonds. The van der Waals surface area contributed by atoms with Crippen LogP contribution in [0.3, 0.4) is 0 Å². The fraction of sp³-hybridized carbons (Fsp3) is 1.00. The molecule has 2 saturated heterocycles. The van der Waals surface area contributed by atoms with Crippen LogP contribution < -0.4 is 5.73 Å². The van der Waals surface area contributed by atoms with Gasteiger partial charge in [0.25, 0.3) is 0 Å². The van der Waals surface area contributed by atoms with Crippen molar-refractivity contribution < 1.29 is 13.2 Å². The van der Waals surface area contributed by atoms with Gasteiger partial charge in [0.2, 0.25) is 10.0 Å². The first kappa shape index (κ1) is 17.1. The lowest BCUT2D eigenvalue weighted by Crippen LogP contribution is -2.51. The molecule has 21 heavy (non-hydrogen) atoms. The van der Waals surface area contributed by atoms with Gasteiger partial charge in [-0.3, -0.25) is 4.90 Å². The van der Waals surface area contributed by atoms with Gasteiger partial charge in [-0.15, -0.1) is 0 Å². The van der Waals surface area contributed by atoms with Gasteiger partial charge in [-0.1, -0.05) is 6.92 Å². The van der Waals surface area contributed by atoms with Crippen LogP contribution in [0.5, 0.6) is 0 Å². The normalized spacial score (nSPS) is 31.2. The molecule has 2 rings (SSSR count). The van der Waals surface area contributed by atoms with Crippen LogP contribution >= 0.6 is 0 Å². The highest BCUT2D eigenvalue weighted by molar-refractivity contribution is 7.88. The number of likely N-dealkylation sites (N-methyl/N-ethyl adjacent to an activating group) is 1. The Morgan fingerprint density at radius 2 is 2.10 bits per heavy atom. The van der Waals surface area contributed by atoms with Crippen LogP contribution in [0.4, 0.5) is 0 Å². The summed E-state index contributed by atoms with van der Waals surface area (Å²) >= 11 is 0. The summed E-state index contributed by atoms with van der Waals surface area (Å²) in [5, 5.41) is 0. The standard InChI is InChI=1S/C14H29N3O3S/c1-3-16-7-8-20-14(11-16)13(15)9-12-5-4-6-17(10-12)21(2,18)19/h12-14H,3-11,15H2,1-2H3. The van der Waals surface area contributed by atoms with Gasteiger partial charge in [-0.05, 0) is 31.7 Å². The van der Waals surface area contributed by atoms with Gasteiger partial charge in [-0.2, -0.15) is 0 Å². The smallest absolute Gasteiger partial charge is 0.211 e. The number of morpholine rings is 1. The van der Waals surface area contributed by atoms with E-state index in [0.717, 1.165) is 45.5 Å². The summed E-state index contributed by atoms with van der Waals surface area (Å²) < 4.78 is 30.7. The second-order valence-electron chi connectivity index (χ2n) is 6.33. The van der Waals surface area contributed by atoms with E-state index in [-0.39, 0.29) is 12.1 Å². The Balaban J connectivity index is 1.85. The zero-order valence-electron chi connectivity index (χ0n) is 13.2. The Hall–Kier alpha value is -0.210. The van der Waals surface area contributed by atoms with E-state index in [0.29, 0.717) is 19.0 Å². The monoisotopic (exact) mass is 319 g/mol. The van der Waals surface area contributed by atoms with Gasteiger partial charge in [0, 0.05) is 32.2 Å². The summed E-state index contributed by atoms with van der Waals surface area (Å²) in [4.78, 5) is 2.36. The van der Waals surface area contributed by atoms with Crippen molar-refractivity contribution in [2.45, 2.75) is 38.3 Å². The molecule has 3 atom stereocenters. The van der Waals surface area contributed by atoms with Crippen molar-refractivity contribution in [3.05, 3.63) is 0 Å². The third-order valence-electron chi connectivity index (χ3n) is 4.66. The molecule has 0 radical (unpaired) electrons. The SMILES string of the molecule is CCN1CCOC(C(N)CC2CCCN(S(C)(=O)=O)C2)C1. The van der Waals surface area contributed by atoms with E-state index >= 15 is 0 Å². The molecule has 0 spiro atoms. The quantitative estimate of drug-likeness (QED) is 0.777. The van der Waals surface area contributed by atoms with Crippen LogP contribution in [0.15, 0.2) is 0 Å². The predicted molar refractivity (Wildman–Crippen MR) is 83.6 cm³/mol. The second kappa shape index (κ2) is 7.37. The fourth-order valence-electron chi connectivity index (χ4n) is 3.34. The van der Waals surface area contributed by atoms with E-state index in [9.17, 15) is 8.42 Å². The molecule has 2 fully saturated rings. The number of sulfonamides is 1. The zero-order valence-corrected chi connectivity index (χ0v) is 14.0. The highest BCUT2D eigenvalue weighted by atomic mass is 32.2. The molecule has 2 heterocycles. The van der Waals surface area contributed by atoms with Gasteiger partial charge in [0.15, 0.2) is 0 Å². The van der Waals surface area contributed by atoms with Crippen molar-refractivity contribution in [3.8, 4) is 0 Å². The number of nitrogens with two attached hydrogens (primary N) is 1. The summed E-state index contributed by atoms with van der Waals surface area (Å²) in [6, 6.07) is -0.0103. The highest BCUT2D eigenvalue weighted by Gasteiger charge is 2.31. The van der Waals surface area contributed by atoms with Gasteiger partial charge in [0.1, 0.15) is 0 Å². The first-order valence-corrected chi connectivity index (χ1v) is 9.79. The molecule has 2 aliphatic heterocycles. The van der Waals surface area contributed by atoms with Crippen molar-refractivity contribution in [1.82, 2.24) is 9.21 Å². The van der Waals surface area contributed by atoms with Gasteiger partial charge in [0.05, 0.1) is 19.0 Å². The molecule has 0 aromatic rings. The first-order valence-electron chi connectivity index (χ1n) is 7.94. The van der Waals surface area contributed by atoms with Crippen LogP contribution in [-0.2, 0) is 14.8 Å². The second-order valence-corrected chi connectivity index (χ2v) is 8.31. The Labute approximate surface area is 128 Å². The van der Waals surface area contributed by atoms with Crippen LogP contribution in [0, 0.1) is 5.92 Å². The third-order valence-corrected chi connectivity index (χ3v) is 5.93. The number of hydrogen-bond donors (Lipinski definition) is 1. The van der Waals surface area contributed by atoms with Crippen LogP contribution in [0.2, 0.25) is 0 Å². The number of ether oxygens (including phenoxy) is 1. The van der Waals surface area contributed by atoms with Crippen molar-refractivity contribution >= 4 is 10.0 Å². The minimum atomic E-state index is -3.08. The highest BCUT2D eigenvalue weighted by Crippen LogP contribution is 2.24. The van der Waals surface area contributed by atoms with Gasteiger partial charge < -0.3 is 10.5 Å². The van der Waals surface area contributed by atoms with E-state index in [4.69, 9.17) is 10.5 Å². The summed E-state index contributed by atoms with van der Waals surface area (Å²) in [5.74, 6) is 0.351. The van der Waals surface area contributed by atoms with E-state index in [2.05, 4.69) is 11.8 Å². The molecule has 2 aliphatic rings. The van der Waals surface area contributed by atoms with E-state index < -0.39 is 10.0 Å². The molecule has 7 heteroatoms. The first-order chi connectivity index (χ1) is 9.90. The van der Waals surface area contributed by atoms with Gasteiger partial charge >= 0.3 is 0 Å². The lowest BCUT2D eigenvalue weighted by atomic mass is 9.90. The van der Waals surface area contributed by atoms with Crippen molar-refractivity contribution in [3.63, 3.8) is 0 Å². The van der Waals surface area contributed by atoms with E-state index in [1.165, 1.54) is 6.26 Å². The van der Waals surface area contributed by atoms with E-state index in [1.807, 2.05) is 0 Å². The molecular weight excluding hydrogens is 290 g/mol. The minimum Gasteiger partial charge on any atom is -0.374 e. The zero-order chi connectivity index (χ0) is 15.5. The molecular formula is C14H29N3O3S. The number of hydrogen-bond acceptors (Lipinski definition) is 5. The summed E-state index contributed by atoms with van der Waals surface area (Å²) in [5.41, 5.74) is 6.33. The Bertz CT molecular complexity index is 429. The maximum Gasteiger partial charge on any atom is 0.211 e. The minimum absolute atomic E-state index is 0.0103. The Kier molecular flexibility index (Phi) is 6.02. The topological polar surface area (TPSA) is 75.9 Å². The molecule has 0 aromatic heterocycles. The fourth-order valence-corrected chi connectivity index (χ4v) is 4.28. The molecule has 0 aliphatic carbocycles. The van der Waals surface area contributed by atoms with Crippen molar-refractivity contribution in [2.24, 2.45) is 11.7 Å². The lowest BCUT2D eigenvalue weighted by molar-refractivity contribution is -0.0428. The average Bonchev–Trinajstić information content (AvgIpc) is 2.46. The van der Waals surface area contributed by atoms with Gasteiger partial charge in [-0.25, -0.2) is 12.7 Å². The summed E-state index contributed by atoms with van der Waals surface area (Å²) in [6.07, 6.45) is 4.20. The molecule has 0 bridgehead atoms. The number of nitrogens with zero attached hydrogens (tertiary/aromatic N) is 2. The number of rotatable bonds is 5. The lowest BCUT2D eigenvalue weighted by Gasteiger charge is -2.38. The molecule has 3 unspecified atom stereocenters. The largest absolute Gasteiger partial charge is 0.374 e. The molecule has 6 nitrogen and oxygen atoms in total. The molecule has 0 aromatic carbocycles. The average molecular weight is 319 g/mol. The Morgan fingerprint density at radius 3 is 2.76 bits per heavy atom.